The van der Waals surface area contributed by atoms with Crippen molar-refractivity contribution in [2.45, 2.75) is 38.2 Å². The maximum absolute atomic E-state index is 12.5. The normalized spacial score (nSPS) is 25.3. The van der Waals surface area contributed by atoms with Gasteiger partial charge in [0.15, 0.2) is 0 Å². The fourth-order valence-corrected chi connectivity index (χ4v) is 1.98. The highest BCUT2D eigenvalue weighted by atomic mass is 19.3. The molecule has 2 nitrogen and oxygen atoms in total. The fourth-order valence-electron chi connectivity index (χ4n) is 1.98. The molecule has 0 aromatic rings. The SMILES string of the molecule is CN1CCC(CC(C)(N)C(F)F)CC1. The lowest BCUT2D eigenvalue weighted by Gasteiger charge is -2.34. The first-order valence-corrected chi connectivity index (χ1v) is 5.17. The molecule has 1 rings (SSSR count). The Kier molecular flexibility index (Phi) is 3.84. The van der Waals surface area contributed by atoms with Crippen LogP contribution in [0.15, 0.2) is 0 Å². The van der Waals surface area contributed by atoms with Crippen LogP contribution in [0.2, 0.25) is 0 Å². The smallest absolute Gasteiger partial charge is 0.256 e. The van der Waals surface area contributed by atoms with Gasteiger partial charge in [0, 0.05) is 0 Å². The van der Waals surface area contributed by atoms with Crippen molar-refractivity contribution in [3.05, 3.63) is 0 Å². The van der Waals surface area contributed by atoms with E-state index in [0.29, 0.717) is 12.3 Å². The summed E-state index contributed by atoms with van der Waals surface area (Å²) in [4.78, 5) is 2.23. The molecule has 14 heavy (non-hydrogen) atoms. The van der Waals surface area contributed by atoms with E-state index in [1.54, 1.807) is 0 Å². The summed E-state index contributed by atoms with van der Waals surface area (Å²) < 4.78 is 25.0. The van der Waals surface area contributed by atoms with E-state index >= 15 is 0 Å². The van der Waals surface area contributed by atoms with Gasteiger partial charge >= 0.3 is 0 Å². The molecule has 0 aliphatic carbocycles. The van der Waals surface area contributed by atoms with E-state index in [-0.39, 0.29) is 0 Å². The highest BCUT2D eigenvalue weighted by molar-refractivity contribution is 4.86. The van der Waals surface area contributed by atoms with E-state index in [4.69, 9.17) is 5.73 Å². The van der Waals surface area contributed by atoms with Gasteiger partial charge in [-0.2, -0.15) is 0 Å². The van der Waals surface area contributed by atoms with Crippen molar-refractivity contribution in [1.29, 1.82) is 0 Å². The lowest BCUT2D eigenvalue weighted by molar-refractivity contribution is 0.0417. The highest BCUT2D eigenvalue weighted by Crippen LogP contribution is 2.27. The third kappa shape index (κ3) is 3.17. The van der Waals surface area contributed by atoms with E-state index in [2.05, 4.69) is 11.9 Å². The summed E-state index contributed by atoms with van der Waals surface area (Å²) in [6.45, 7) is 3.46. The molecule has 1 aliphatic rings. The molecular weight excluding hydrogens is 186 g/mol. The Morgan fingerprint density at radius 1 is 1.43 bits per heavy atom. The van der Waals surface area contributed by atoms with Gasteiger partial charge in [-0.3, -0.25) is 0 Å². The third-order valence-electron chi connectivity index (χ3n) is 3.07. The largest absolute Gasteiger partial charge is 0.321 e. The van der Waals surface area contributed by atoms with Crippen LogP contribution in [0.5, 0.6) is 0 Å². The molecule has 0 radical (unpaired) electrons. The molecule has 2 N–H and O–H groups in total. The Morgan fingerprint density at radius 3 is 2.36 bits per heavy atom. The number of piperidine rings is 1. The average molecular weight is 206 g/mol. The Balaban J connectivity index is 2.37. The topological polar surface area (TPSA) is 29.3 Å². The molecule has 4 heteroatoms. The first-order valence-electron chi connectivity index (χ1n) is 5.17. The maximum Gasteiger partial charge on any atom is 0.256 e. The van der Waals surface area contributed by atoms with E-state index in [0.717, 1.165) is 25.9 Å². The second kappa shape index (κ2) is 4.53. The molecule has 0 amide bonds. The first kappa shape index (κ1) is 11.9. The lowest BCUT2D eigenvalue weighted by atomic mass is 9.84. The number of likely N-dealkylation sites (tertiary alicyclic amines) is 1. The first-order chi connectivity index (χ1) is 6.42. The maximum atomic E-state index is 12.5. The number of nitrogens with two attached hydrogens (primary N) is 1. The molecule has 1 atom stereocenters. The summed E-state index contributed by atoms with van der Waals surface area (Å²) >= 11 is 0. The molecule has 0 saturated carbocycles. The van der Waals surface area contributed by atoms with Crippen molar-refractivity contribution in [1.82, 2.24) is 4.90 Å². The molecule has 0 aromatic heterocycles. The van der Waals surface area contributed by atoms with Gasteiger partial charge < -0.3 is 10.6 Å². The molecule has 0 bridgehead atoms. The monoisotopic (exact) mass is 206 g/mol. The van der Waals surface area contributed by atoms with E-state index in [1.807, 2.05) is 0 Å². The molecule has 84 valence electrons. The summed E-state index contributed by atoms with van der Waals surface area (Å²) in [5.74, 6) is 0.371. The molecule has 0 aromatic carbocycles. The molecule has 1 saturated heterocycles. The summed E-state index contributed by atoms with van der Waals surface area (Å²) in [5.41, 5.74) is 4.26. The number of hydrogen-bond acceptors (Lipinski definition) is 2. The van der Waals surface area contributed by atoms with Gasteiger partial charge in [0.2, 0.25) is 0 Å². The van der Waals surface area contributed by atoms with Gasteiger partial charge in [-0.05, 0) is 52.2 Å². The molecule has 1 heterocycles. The van der Waals surface area contributed by atoms with Crippen LogP contribution in [-0.4, -0.2) is 37.0 Å². The van der Waals surface area contributed by atoms with Crippen LogP contribution < -0.4 is 5.73 Å². The Hall–Kier alpha value is -0.220. The number of nitrogens with zero attached hydrogens (tertiary/aromatic N) is 1. The number of alkyl halides is 2. The Morgan fingerprint density at radius 2 is 1.93 bits per heavy atom. The van der Waals surface area contributed by atoms with Crippen LogP contribution in [0.4, 0.5) is 8.78 Å². The van der Waals surface area contributed by atoms with Crippen LogP contribution in [0.3, 0.4) is 0 Å². The van der Waals surface area contributed by atoms with E-state index in [1.165, 1.54) is 6.92 Å². The minimum Gasteiger partial charge on any atom is -0.321 e. The van der Waals surface area contributed by atoms with Crippen molar-refractivity contribution in [3.8, 4) is 0 Å². The minimum atomic E-state index is -2.41. The van der Waals surface area contributed by atoms with Crippen molar-refractivity contribution in [3.63, 3.8) is 0 Å². The standard InChI is InChI=1S/C10H20F2N2/c1-10(13,9(11)12)7-8-3-5-14(2)6-4-8/h8-9H,3-7,13H2,1-2H3. The second-order valence-electron chi connectivity index (χ2n) is 4.76. The average Bonchev–Trinajstić information content (AvgIpc) is 2.08. The highest BCUT2D eigenvalue weighted by Gasteiger charge is 2.33. The number of halogens is 2. The molecule has 0 spiro atoms. The summed E-state index contributed by atoms with van der Waals surface area (Å²) in [6.07, 6.45) is 0.0204. The molecule has 1 unspecified atom stereocenters. The molecule has 1 aliphatic heterocycles. The van der Waals surface area contributed by atoms with Crippen LogP contribution in [0.1, 0.15) is 26.2 Å². The van der Waals surface area contributed by atoms with Crippen LogP contribution in [0.25, 0.3) is 0 Å². The predicted octanol–water partition coefficient (Wildman–Crippen LogP) is 1.70. The van der Waals surface area contributed by atoms with Gasteiger partial charge in [-0.1, -0.05) is 0 Å². The lowest BCUT2D eigenvalue weighted by Crippen LogP contribution is -2.46. The zero-order valence-electron chi connectivity index (χ0n) is 8.97. The van der Waals surface area contributed by atoms with Gasteiger partial charge in [-0.25, -0.2) is 8.78 Å². The predicted molar refractivity (Wildman–Crippen MR) is 53.4 cm³/mol. The van der Waals surface area contributed by atoms with E-state index in [9.17, 15) is 8.78 Å². The van der Waals surface area contributed by atoms with Gasteiger partial charge in [-0.15, -0.1) is 0 Å². The quantitative estimate of drug-likeness (QED) is 0.761. The number of hydrogen-bond donors (Lipinski definition) is 1. The van der Waals surface area contributed by atoms with Crippen molar-refractivity contribution in [2.24, 2.45) is 11.7 Å². The van der Waals surface area contributed by atoms with E-state index < -0.39 is 12.0 Å². The van der Waals surface area contributed by atoms with Gasteiger partial charge in [0.05, 0.1) is 5.54 Å². The Bertz CT molecular complexity index is 175. The number of rotatable bonds is 3. The molecule has 1 fully saturated rings. The van der Waals surface area contributed by atoms with Crippen LogP contribution in [0, 0.1) is 5.92 Å². The van der Waals surface area contributed by atoms with Crippen molar-refractivity contribution in [2.75, 3.05) is 20.1 Å². The second-order valence-corrected chi connectivity index (χ2v) is 4.76. The van der Waals surface area contributed by atoms with Gasteiger partial charge in [0.25, 0.3) is 6.43 Å². The Labute approximate surface area is 84.4 Å². The summed E-state index contributed by atoms with van der Waals surface area (Å²) in [5, 5.41) is 0. The summed E-state index contributed by atoms with van der Waals surface area (Å²) in [6, 6.07) is 0. The van der Waals surface area contributed by atoms with Crippen LogP contribution >= 0.6 is 0 Å². The van der Waals surface area contributed by atoms with Crippen molar-refractivity contribution < 1.29 is 8.78 Å². The zero-order chi connectivity index (χ0) is 10.8. The van der Waals surface area contributed by atoms with Crippen molar-refractivity contribution >= 4 is 0 Å². The van der Waals surface area contributed by atoms with Gasteiger partial charge in [0.1, 0.15) is 0 Å². The zero-order valence-corrected chi connectivity index (χ0v) is 8.97. The van der Waals surface area contributed by atoms with Crippen LogP contribution in [-0.2, 0) is 0 Å². The third-order valence-corrected chi connectivity index (χ3v) is 3.07. The molecular formula is C10H20F2N2. The minimum absolute atomic E-state index is 0.371. The summed E-state index contributed by atoms with van der Waals surface area (Å²) in [7, 11) is 2.06. The fraction of sp³-hybridized carbons (Fsp3) is 1.00.